The van der Waals surface area contributed by atoms with Crippen molar-refractivity contribution in [1.29, 1.82) is 0 Å². The van der Waals surface area contributed by atoms with Crippen LogP contribution in [0.2, 0.25) is 0 Å². The van der Waals surface area contributed by atoms with E-state index in [1.54, 1.807) is 6.08 Å². The number of nitrogens with zero attached hydrogens (tertiary/aromatic N) is 3. The molecule has 2 aromatic carbocycles. The lowest BCUT2D eigenvalue weighted by molar-refractivity contribution is -0.127. The molecule has 0 aliphatic carbocycles. The molecule has 33 heavy (non-hydrogen) atoms. The van der Waals surface area contributed by atoms with Crippen LogP contribution in [-0.2, 0) is 16.1 Å². The van der Waals surface area contributed by atoms with Gasteiger partial charge in [0.25, 0.3) is 0 Å². The Labute approximate surface area is 200 Å². The number of piperazine rings is 1. The van der Waals surface area contributed by atoms with Gasteiger partial charge in [0.15, 0.2) is 5.69 Å². The third-order valence-corrected chi connectivity index (χ3v) is 6.03. The van der Waals surface area contributed by atoms with Gasteiger partial charge in [-0.1, -0.05) is 58.4 Å². The minimum absolute atomic E-state index is 0.0134. The van der Waals surface area contributed by atoms with E-state index in [0.717, 1.165) is 21.2 Å². The highest BCUT2D eigenvalue weighted by molar-refractivity contribution is 9.10. The van der Waals surface area contributed by atoms with Gasteiger partial charge in [-0.2, -0.15) is 0 Å². The first-order valence-electron chi connectivity index (χ1n) is 10.6. The van der Waals surface area contributed by atoms with Crippen LogP contribution in [-0.4, -0.2) is 59.9 Å². The third-order valence-electron chi connectivity index (χ3n) is 5.50. The number of benzene rings is 2. The number of carbonyl (C=O) groups is 2. The van der Waals surface area contributed by atoms with Crippen molar-refractivity contribution in [2.24, 2.45) is 0 Å². The van der Waals surface area contributed by atoms with Gasteiger partial charge < -0.3 is 14.1 Å². The van der Waals surface area contributed by atoms with Crippen LogP contribution in [0.15, 0.2) is 75.8 Å². The van der Waals surface area contributed by atoms with Crippen molar-refractivity contribution < 1.29 is 18.7 Å². The molecule has 1 saturated heterocycles. The summed E-state index contributed by atoms with van der Waals surface area (Å²) in [4.78, 5) is 32.8. The van der Waals surface area contributed by atoms with E-state index in [1.165, 1.54) is 13.4 Å². The summed E-state index contributed by atoms with van der Waals surface area (Å²) in [6.07, 6.45) is 3.03. The normalized spacial score (nSPS) is 14.8. The molecule has 0 saturated carbocycles. The Morgan fingerprint density at radius 3 is 2.36 bits per heavy atom. The summed E-state index contributed by atoms with van der Waals surface area (Å²) in [5.41, 5.74) is 3.04. The highest BCUT2D eigenvalue weighted by atomic mass is 79.9. The molecule has 2 heterocycles. The SMILES string of the molecule is COC(=O)c1coc(CN2CCN(C(=O)/C=C(/c3ccccc3)c3ccc(Br)cc3)CC2)n1. The molecular weight excluding hydrogens is 486 g/mol. The van der Waals surface area contributed by atoms with Crippen LogP contribution < -0.4 is 0 Å². The van der Waals surface area contributed by atoms with Crippen LogP contribution >= 0.6 is 15.9 Å². The molecule has 170 valence electrons. The molecule has 8 heteroatoms. The maximum Gasteiger partial charge on any atom is 0.360 e. The van der Waals surface area contributed by atoms with Gasteiger partial charge in [-0.25, -0.2) is 9.78 Å². The topological polar surface area (TPSA) is 75.9 Å². The lowest BCUT2D eigenvalue weighted by Gasteiger charge is -2.33. The average Bonchev–Trinajstić information content (AvgIpc) is 3.32. The molecule has 0 atom stereocenters. The predicted octanol–water partition coefficient (Wildman–Crippen LogP) is 4.00. The Kier molecular flexibility index (Phi) is 7.36. The standard InChI is InChI=1S/C25H24BrN3O4/c1-32-25(31)22-17-33-23(27-22)16-28-11-13-29(14-12-28)24(30)15-21(18-5-3-2-4-6-18)19-7-9-20(26)10-8-19/h2-10,15,17H,11-14,16H2,1H3/b21-15-. The van der Waals surface area contributed by atoms with Crippen molar-refractivity contribution in [3.63, 3.8) is 0 Å². The van der Waals surface area contributed by atoms with E-state index in [4.69, 9.17) is 4.42 Å². The fraction of sp³-hybridized carbons (Fsp3) is 0.240. The van der Waals surface area contributed by atoms with E-state index in [2.05, 4.69) is 30.6 Å². The number of methoxy groups -OCH3 is 1. The van der Waals surface area contributed by atoms with E-state index in [0.29, 0.717) is 38.6 Å². The van der Waals surface area contributed by atoms with Crippen LogP contribution in [0.1, 0.15) is 27.5 Å². The number of amides is 1. The molecule has 1 amide bonds. The van der Waals surface area contributed by atoms with Gasteiger partial charge in [-0.05, 0) is 28.8 Å². The molecule has 0 unspecified atom stereocenters. The number of hydrogen-bond donors (Lipinski definition) is 0. The average molecular weight is 510 g/mol. The molecule has 0 N–H and O–H groups in total. The van der Waals surface area contributed by atoms with E-state index in [9.17, 15) is 9.59 Å². The van der Waals surface area contributed by atoms with Crippen molar-refractivity contribution >= 4 is 33.4 Å². The molecule has 1 fully saturated rings. The zero-order chi connectivity index (χ0) is 23.2. The summed E-state index contributed by atoms with van der Waals surface area (Å²) >= 11 is 3.47. The summed E-state index contributed by atoms with van der Waals surface area (Å²) in [6, 6.07) is 17.9. The lowest BCUT2D eigenvalue weighted by Crippen LogP contribution is -2.47. The number of hydrogen-bond acceptors (Lipinski definition) is 6. The maximum absolute atomic E-state index is 13.1. The first-order chi connectivity index (χ1) is 16.0. The van der Waals surface area contributed by atoms with Crippen LogP contribution in [0.4, 0.5) is 0 Å². The molecule has 4 rings (SSSR count). The highest BCUT2D eigenvalue weighted by Crippen LogP contribution is 2.25. The van der Waals surface area contributed by atoms with Crippen molar-refractivity contribution in [2.75, 3.05) is 33.3 Å². The smallest absolute Gasteiger partial charge is 0.360 e. The van der Waals surface area contributed by atoms with Crippen molar-refractivity contribution in [3.8, 4) is 0 Å². The minimum atomic E-state index is -0.521. The van der Waals surface area contributed by atoms with Gasteiger partial charge in [0, 0.05) is 36.7 Å². The van der Waals surface area contributed by atoms with Crippen molar-refractivity contribution in [2.45, 2.75) is 6.54 Å². The molecule has 1 aliphatic rings. The minimum Gasteiger partial charge on any atom is -0.464 e. The Hall–Kier alpha value is -3.23. The number of aromatic nitrogens is 1. The molecule has 3 aromatic rings. The monoisotopic (exact) mass is 509 g/mol. The molecule has 1 aromatic heterocycles. The summed E-state index contributed by atoms with van der Waals surface area (Å²) < 4.78 is 11.0. The molecule has 1 aliphatic heterocycles. The van der Waals surface area contributed by atoms with Crippen LogP contribution in [0, 0.1) is 0 Å². The third kappa shape index (κ3) is 5.77. The Morgan fingerprint density at radius 1 is 1.03 bits per heavy atom. The molecule has 0 spiro atoms. The van der Waals surface area contributed by atoms with E-state index >= 15 is 0 Å². The number of ether oxygens (including phenoxy) is 1. The second-order valence-electron chi connectivity index (χ2n) is 7.65. The number of halogens is 1. The number of rotatable bonds is 6. The second kappa shape index (κ2) is 10.6. The molecule has 0 radical (unpaired) electrons. The fourth-order valence-corrected chi connectivity index (χ4v) is 3.96. The first-order valence-corrected chi connectivity index (χ1v) is 11.4. The highest BCUT2D eigenvalue weighted by Gasteiger charge is 2.22. The van der Waals surface area contributed by atoms with E-state index in [-0.39, 0.29) is 11.6 Å². The molecular formula is C25H24BrN3O4. The predicted molar refractivity (Wildman–Crippen MR) is 127 cm³/mol. The molecule has 0 bridgehead atoms. The number of oxazole rings is 1. The largest absolute Gasteiger partial charge is 0.464 e. The van der Waals surface area contributed by atoms with E-state index in [1.807, 2.05) is 59.5 Å². The Balaban J connectivity index is 1.42. The van der Waals surface area contributed by atoms with E-state index < -0.39 is 5.97 Å². The van der Waals surface area contributed by atoms with Gasteiger partial charge in [0.2, 0.25) is 11.8 Å². The summed E-state index contributed by atoms with van der Waals surface area (Å²) in [6.45, 7) is 3.05. The summed E-state index contributed by atoms with van der Waals surface area (Å²) in [5, 5.41) is 0. The van der Waals surface area contributed by atoms with Gasteiger partial charge in [0.1, 0.15) is 6.26 Å². The first kappa shape index (κ1) is 22.9. The second-order valence-corrected chi connectivity index (χ2v) is 8.57. The zero-order valence-electron chi connectivity index (χ0n) is 18.2. The van der Waals surface area contributed by atoms with Gasteiger partial charge in [-0.3, -0.25) is 9.69 Å². The quantitative estimate of drug-likeness (QED) is 0.369. The molecule has 7 nitrogen and oxygen atoms in total. The van der Waals surface area contributed by atoms with Crippen LogP contribution in [0.3, 0.4) is 0 Å². The van der Waals surface area contributed by atoms with Gasteiger partial charge >= 0.3 is 5.97 Å². The Bertz CT molecular complexity index is 1130. The lowest BCUT2D eigenvalue weighted by atomic mass is 9.97. The van der Waals surface area contributed by atoms with Crippen LogP contribution in [0.5, 0.6) is 0 Å². The summed E-state index contributed by atoms with van der Waals surface area (Å²) in [7, 11) is 1.31. The number of esters is 1. The van der Waals surface area contributed by atoms with Crippen molar-refractivity contribution in [3.05, 3.63) is 94.1 Å². The van der Waals surface area contributed by atoms with Crippen molar-refractivity contribution in [1.82, 2.24) is 14.8 Å². The zero-order valence-corrected chi connectivity index (χ0v) is 19.8. The Morgan fingerprint density at radius 2 is 1.70 bits per heavy atom. The van der Waals surface area contributed by atoms with Crippen LogP contribution in [0.25, 0.3) is 5.57 Å². The van der Waals surface area contributed by atoms with Gasteiger partial charge in [0.05, 0.1) is 13.7 Å². The maximum atomic E-state index is 13.1. The number of carbonyl (C=O) groups excluding carboxylic acids is 2. The van der Waals surface area contributed by atoms with Gasteiger partial charge in [-0.15, -0.1) is 0 Å². The summed E-state index contributed by atoms with van der Waals surface area (Å²) in [5.74, 6) is -0.0793. The fourth-order valence-electron chi connectivity index (χ4n) is 3.69.